The van der Waals surface area contributed by atoms with Crippen LogP contribution in [0, 0.1) is 0 Å². The lowest BCUT2D eigenvalue weighted by Gasteiger charge is -2.35. The predicted octanol–water partition coefficient (Wildman–Crippen LogP) is 0.316. The van der Waals surface area contributed by atoms with Gasteiger partial charge in [-0.2, -0.15) is 0 Å². The zero-order chi connectivity index (χ0) is 8.60. The van der Waals surface area contributed by atoms with E-state index < -0.39 is 9.84 Å². The second kappa shape index (κ2) is 3.00. The first-order chi connectivity index (χ1) is 5.70. The number of rotatable bonds is 0. The molecule has 2 atom stereocenters. The lowest BCUT2D eigenvalue weighted by Crippen LogP contribution is -2.53. The quantitative estimate of drug-likeness (QED) is 0.597. The minimum absolute atomic E-state index is 0.0694. The van der Waals surface area contributed by atoms with Crippen molar-refractivity contribution >= 4 is 9.84 Å². The zero-order valence-corrected chi connectivity index (χ0v) is 7.94. The molecule has 1 saturated heterocycles. The van der Waals surface area contributed by atoms with Crippen LogP contribution in [-0.4, -0.2) is 32.0 Å². The monoisotopic (exact) mass is 189 g/mol. The maximum Gasteiger partial charge on any atom is 0.155 e. The molecule has 0 amide bonds. The largest absolute Gasteiger partial charge is 0.312 e. The van der Waals surface area contributed by atoms with Gasteiger partial charge in [0, 0.05) is 12.6 Å². The third kappa shape index (κ3) is 1.38. The number of nitrogens with one attached hydrogen (secondary N) is 1. The summed E-state index contributed by atoms with van der Waals surface area (Å²) in [7, 11) is -2.75. The van der Waals surface area contributed by atoms with Gasteiger partial charge in [0.2, 0.25) is 0 Å². The lowest BCUT2D eigenvalue weighted by atomic mass is 9.95. The van der Waals surface area contributed by atoms with Gasteiger partial charge in [-0.3, -0.25) is 0 Å². The van der Waals surface area contributed by atoms with Gasteiger partial charge in [0.15, 0.2) is 9.84 Å². The van der Waals surface area contributed by atoms with Crippen LogP contribution in [0.1, 0.15) is 25.7 Å². The Bertz CT molecular complexity index is 258. The van der Waals surface area contributed by atoms with Crippen LogP contribution in [-0.2, 0) is 9.84 Å². The summed E-state index contributed by atoms with van der Waals surface area (Å²) in [5, 5.41) is 3.23. The van der Waals surface area contributed by atoms with Gasteiger partial charge >= 0.3 is 0 Å². The highest BCUT2D eigenvalue weighted by atomic mass is 32.2. The van der Waals surface area contributed by atoms with Crippen molar-refractivity contribution in [3.63, 3.8) is 0 Å². The average Bonchev–Trinajstić information content (AvgIpc) is 2.04. The molecule has 3 nitrogen and oxygen atoms in total. The number of hydrogen-bond donors (Lipinski definition) is 1. The van der Waals surface area contributed by atoms with Gasteiger partial charge in [-0.05, 0) is 12.8 Å². The summed E-state index contributed by atoms with van der Waals surface area (Å²) >= 11 is 0. The van der Waals surface area contributed by atoms with Crippen LogP contribution < -0.4 is 5.32 Å². The lowest BCUT2D eigenvalue weighted by molar-refractivity contribution is 0.363. The van der Waals surface area contributed by atoms with Gasteiger partial charge < -0.3 is 5.32 Å². The predicted molar refractivity (Wildman–Crippen MR) is 47.8 cm³/mol. The molecular formula is C8H15NO2S. The van der Waals surface area contributed by atoms with E-state index in [1.807, 2.05) is 0 Å². The molecule has 1 heterocycles. The fourth-order valence-electron chi connectivity index (χ4n) is 2.30. The van der Waals surface area contributed by atoms with Crippen molar-refractivity contribution in [3.8, 4) is 0 Å². The van der Waals surface area contributed by atoms with Crippen molar-refractivity contribution < 1.29 is 8.42 Å². The van der Waals surface area contributed by atoms with E-state index in [-0.39, 0.29) is 11.3 Å². The van der Waals surface area contributed by atoms with Crippen LogP contribution in [0.3, 0.4) is 0 Å². The Hall–Kier alpha value is -0.0900. The molecule has 1 aliphatic carbocycles. The molecule has 0 spiro atoms. The van der Waals surface area contributed by atoms with Crippen LogP contribution in [0.15, 0.2) is 0 Å². The molecule has 4 heteroatoms. The molecule has 0 radical (unpaired) electrons. The van der Waals surface area contributed by atoms with E-state index in [0.717, 1.165) is 19.3 Å². The Morgan fingerprint density at radius 2 is 1.92 bits per heavy atom. The van der Waals surface area contributed by atoms with E-state index in [9.17, 15) is 8.42 Å². The van der Waals surface area contributed by atoms with Gasteiger partial charge in [0.25, 0.3) is 0 Å². The van der Waals surface area contributed by atoms with Gasteiger partial charge in [-0.15, -0.1) is 0 Å². The van der Waals surface area contributed by atoms with Gasteiger partial charge in [0.1, 0.15) is 0 Å². The van der Waals surface area contributed by atoms with Crippen molar-refractivity contribution in [2.45, 2.75) is 37.0 Å². The third-order valence-electron chi connectivity index (χ3n) is 2.96. The number of hydrogen-bond acceptors (Lipinski definition) is 3. The number of fused-ring (bicyclic) bond motifs is 1. The van der Waals surface area contributed by atoms with Crippen LogP contribution in [0.2, 0.25) is 0 Å². The van der Waals surface area contributed by atoms with Gasteiger partial charge in [-0.25, -0.2) is 8.42 Å². The first-order valence-electron chi connectivity index (χ1n) is 4.65. The molecule has 0 aromatic carbocycles. The Kier molecular flexibility index (Phi) is 2.12. The smallest absolute Gasteiger partial charge is 0.155 e. The van der Waals surface area contributed by atoms with Gasteiger partial charge in [0.05, 0.1) is 11.0 Å². The van der Waals surface area contributed by atoms with E-state index in [1.165, 1.54) is 6.42 Å². The topological polar surface area (TPSA) is 46.2 Å². The van der Waals surface area contributed by atoms with E-state index in [4.69, 9.17) is 0 Å². The van der Waals surface area contributed by atoms with Crippen molar-refractivity contribution in [2.24, 2.45) is 0 Å². The second-order valence-corrected chi connectivity index (χ2v) is 6.09. The third-order valence-corrected chi connectivity index (χ3v) is 5.22. The molecule has 2 rings (SSSR count). The highest BCUT2D eigenvalue weighted by molar-refractivity contribution is 7.92. The SMILES string of the molecule is O=S1(=O)CCN[C@H]2CCCC[C@@H]21. The molecule has 0 unspecified atom stereocenters. The summed E-state index contributed by atoms with van der Waals surface area (Å²) in [6.45, 7) is 0.656. The molecule has 70 valence electrons. The minimum atomic E-state index is -2.75. The zero-order valence-electron chi connectivity index (χ0n) is 7.12. The van der Waals surface area contributed by atoms with Crippen molar-refractivity contribution in [1.82, 2.24) is 5.32 Å². The molecule has 2 fully saturated rings. The molecule has 1 saturated carbocycles. The Morgan fingerprint density at radius 3 is 2.67 bits per heavy atom. The Morgan fingerprint density at radius 1 is 1.17 bits per heavy atom. The van der Waals surface area contributed by atoms with E-state index in [1.54, 1.807) is 0 Å². The minimum Gasteiger partial charge on any atom is -0.312 e. The Balaban J connectivity index is 2.20. The fraction of sp³-hybridized carbons (Fsp3) is 1.00. The molecule has 0 bridgehead atoms. The summed E-state index contributed by atoms with van der Waals surface area (Å²) in [5.74, 6) is 0.341. The molecule has 12 heavy (non-hydrogen) atoms. The van der Waals surface area contributed by atoms with Crippen LogP contribution >= 0.6 is 0 Å². The highest BCUT2D eigenvalue weighted by Gasteiger charge is 2.37. The van der Waals surface area contributed by atoms with E-state index in [0.29, 0.717) is 12.3 Å². The Labute approximate surface area is 73.5 Å². The highest BCUT2D eigenvalue weighted by Crippen LogP contribution is 2.26. The van der Waals surface area contributed by atoms with Gasteiger partial charge in [-0.1, -0.05) is 12.8 Å². The summed E-state index contributed by atoms with van der Waals surface area (Å²) in [6, 6.07) is 0.262. The average molecular weight is 189 g/mol. The van der Waals surface area contributed by atoms with Crippen molar-refractivity contribution in [1.29, 1.82) is 0 Å². The van der Waals surface area contributed by atoms with Crippen molar-refractivity contribution in [3.05, 3.63) is 0 Å². The normalized spacial score (nSPS) is 40.3. The standard InChI is InChI=1S/C8H15NO2S/c10-12(11)6-5-9-7-3-1-2-4-8(7)12/h7-9H,1-6H2/t7-,8-/m0/s1. The molecule has 1 aliphatic heterocycles. The maximum atomic E-state index is 11.6. The molecule has 2 aliphatic rings. The van der Waals surface area contributed by atoms with Crippen molar-refractivity contribution in [2.75, 3.05) is 12.3 Å². The molecule has 0 aromatic heterocycles. The summed E-state index contributed by atoms with van der Waals surface area (Å²) in [6.07, 6.45) is 4.19. The number of sulfone groups is 1. The summed E-state index contributed by atoms with van der Waals surface area (Å²) in [4.78, 5) is 0. The van der Waals surface area contributed by atoms with E-state index in [2.05, 4.69) is 5.32 Å². The maximum absolute atomic E-state index is 11.6. The molecule has 0 aromatic rings. The van der Waals surface area contributed by atoms with Crippen LogP contribution in [0.4, 0.5) is 0 Å². The molecule has 1 N–H and O–H groups in total. The summed E-state index contributed by atoms with van der Waals surface area (Å²) in [5.41, 5.74) is 0. The molecular weight excluding hydrogens is 174 g/mol. The van der Waals surface area contributed by atoms with Crippen LogP contribution in [0.25, 0.3) is 0 Å². The fourth-order valence-corrected chi connectivity index (χ4v) is 4.26. The first kappa shape index (κ1) is 8.51. The van der Waals surface area contributed by atoms with Crippen LogP contribution in [0.5, 0.6) is 0 Å². The second-order valence-electron chi connectivity index (χ2n) is 3.75. The summed E-state index contributed by atoms with van der Waals surface area (Å²) < 4.78 is 23.2. The van der Waals surface area contributed by atoms with E-state index >= 15 is 0 Å². The first-order valence-corrected chi connectivity index (χ1v) is 6.37.